The SMILES string of the molecule is CCCOCCN(CC(=O)O)CC(=O)O. The molecule has 0 saturated carbocycles. The van der Waals surface area contributed by atoms with Crippen LogP contribution in [0.25, 0.3) is 0 Å². The van der Waals surface area contributed by atoms with E-state index in [1.807, 2.05) is 6.92 Å². The molecule has 0 aromatic rings. The third-order valence-electron chi connectivity index (χ3n) is 1.62. The standard InChI is InChI=1S/C9H17NO5/c1-2-4-15-5-3-10(6-8(11)12)7-9(13)14/h2-7H2,1H3,(H,11,12)(H,13,14). The highest BCUT2D eigenvalue weighted by molar-refractivity contribution is 5.72. The average molecular weight is 219 g/mol. The van der Waals surface area contributed by atoms with E-state index in [-0.39, 0.29) is 13.1 Å². The molecule has 0 aliphatic carbocycles. The molecule has 0 heterocycles. The van der Waals surface area contributed by atoms with Gasteiger partial charge in [-0.1, -0.05) is 6.92 Å². The topological polar surface area (TPSA) is 87.1 Å². The molecule has 0 aromatic heterocycles. The van der Waals surface area contributed by atoms with Crippen LogP contribution in [-0.4, -0.2) is 59.9 Å². The van der Waals surface area contributed by atoms with Crippen molar-refractivity contribution in [2.75, 3.05) is 32.8 Å². The van der Waals surface area contributed by atoms with Gasteiger partial charge in [-0.25, -0.2) is 0 Å². The zero-order chi connectivity index (χ0) is 11.7. The Labute approximate surface area is 88.4 Å². The second-order valence-electron chi connectivity index (χ2n) is 3.11. The van der Waals surface area contributed by atoms with Crippen molar-refractivity contribution in [2.45, 2.75) is 13.3 Å². The van der Waals surface area contributed by atoms with Gasteiger partial charge in [0.05, 0.1) is 19.7 Å². The molecule has 0 bridgehead atoms. The zero-order valence-corrected chi connectivity index (χ0v) is 8.81. The summed E-state index contributed by atoms with van der Waals surface area (Å²) in [5.74, 6) is -2.07. The fourth-order valence-corrected chi connectivity index (χ4v) is 1.04. The van der Waals surface area contributed by atoms with E-state index in [0.717, 1.165) is 6.42 Å². The second-order valence-corrected chi connectivity index (χ2v) is 3.11. The van der Waals surface area contributed by atoms with Crippen LogP contribution in [0.1, 0.15) is 13.3 Å². The maximum atomic E-state index is 10.4. The summed E-state index contributed by atoms with van der Waals surface area (Å²) in [6.45, 7) is 2.69. The van der Waals surface area contributed by atoms with E-state index < -0.39 is 11.9 Å². The molecule has 6 nitrogen and oxygen atoms in total. The molecular weight excluding hydrogens is 202 g/mol. The molecule has 0 fully saturated rings. The molecule has 0 aliphatic rings. The van der Waals surface area contributed by atoms with Gasteiger partial charge in [-0.3, -0.25) is 14.5 Å². The Hall–Kier alpha value is -1.14. The van der Waals surface area contributed by atoms with Gasteiger partial charge < -0.3 is 14.9 Å². The van der Waals surface area contributed by atoms with Gasteiger partial charge in [0.15, 0.2) is 0 Å². The summed E-state index contributed by atoms with van der Waals surface area (Å²) < 4.78 is 5.15. The maximum Gasteiger partial charge on any atom is 0.317 e. The minimum absolute atomic E-state index is 0.276. The van der Waals surface area contributed by atoms with E-state index in [2.05, 4.69) is 0 Å². The summed E-state index contributed by atoms with van der Waals surface area (Å²) in [5.41, 5.74) is 0. The van der Waals surface area contributed by atoms with Crippen LogP contribution < -0.4 is 0 Å². The molecule has 0 aliphatic heterocycles. The first kappa shape index (κ1) is 13.9. The molecule has 0 amide bonds. The molecule has 0 atom stereocenters. The molecule has 2 N–H and O–H groups in total. The third-order valence-corrected chi connectivity index (χ3v) is 1.62. The predicted molar refractivity (Wildman–Crippen MR) is 52.8 cm³/mol. The Bertz CT molecular complexity index is 191. The number of aliphatic carboxylic acids is 2. The van der Waals surface area contributed by atoms with Crippen molar-refractivity contribution in [3.8, 4) is 0 Å². The molecule has 0 radical (unpaired) electrons. The van der Waals surface area contributed by atoms with Gasteiger partial charge in [0, 0.05) is 13.2 Å². The number of nitrogens with zero attached hydrogens (tertiary/aromatic N) is 1. The van der Waals surface area contributed by atoms with Gasteiger partial charge >= 0.3 is 11.9 Å². The van der Waals surface area contributed by atoms with Crippen molar-refractivity contribution in [3.05, 3.63) is 0 Å². The van der Waals surface area contributed by atoms with E-state index >= 15 is 0 Å². The first-order valence-corrected chi connectivity index (χ1v) is 4.80. The summed E-state index contributed by atoms with van der Waals surface area (Å²) in [6, 6.07) is 0. The second kappa shape index (κ2) is 8.19. The van der Waals surface area contributed by atoms with E-state index in [1.54, 1.807) is 0 Å². The van der Waals surface area contributed by atoms with Gasteiger partial charge in [-0.05, 0) is 6.42 Å². The fraction of sp³-hybridized carbons (Fsp3) is 0.778. The Kier molecular flexibility index (Phi) is 7.57. The Morgan fingerprint density at radius 2 is 1.67 bits per heavy atom. The highest BCUT2D eigenvalue weighted by Crippen LogP contribution is 1.90. The summed E-state index contributed by atoms with van der Waals surface area (Å²) >= 11 is 0. The molecule has 88 valence electrons. The van der Waals surface area contributed by atoms with Crippen LogP contribution in [0.15, 0.2) is 0 Å². The molecule has 0 saturated heterocycles. The summed E-state index contributed by atoms with van der Waals surface area (Å²) in [6.07, 6.45) is 0.887. The van der Waals surface area contributed by atoms with Crippen LogP contribution in [0.5, 0.6) is 0 Å². The van der Waals surface area contributed by atoms with Crippen molar-refractivity contribution < 1.29 is 24.5 Å². The quantitative estimate of drug-likeness (QED) is 0.526. The molecule has 6 heteroatoms. The van der Waals surface area contributed by atoms with Crippen molar-refractivity contribution in [2.24, 2.45) is 0 Å². The Morgan fingerprint density at radius 1 is 1.13 bits per heavy atom. The normalized spacial score (nSPS) is 10.5. The van der Waals surface area contributed by atoms with E-state index in [0.29, 0.717) is 19.8 Å². The van der Waals surface area contributed by atoms with Gasteiger partial charge in [-0.2, -0.15) is 0 Å². The minimum Gasteiger partial charge on any atom is -0.480 e. The van der Waals surface area contributed by atoms with Crippen LogP contribution in [0.2, 0.25) is 0 Å². The molecular formula is C9H17NO5. The number of carboxylic acids is 2. The first-order valence-electron chi connectivity index (χ1n) is 4.80. The molecule has 0 rings (SSSR count). The number of carboxylic acid groups (broad SMARTS) is 2. The maximum absolute atomic E-state index is 10.4. The molecule has 0 spiro atoms. The smallest absolute Gasteiger partial charge is 0.317 e. The zero-order valence-electron chi connectivity index (χ0n) is 8.81. The highest BCUT2D eigenvalue weighted by atomic mass is 16.5. The predicted octanol–water partition coefficient (Wildman–Crippen LogP) is -0.116. The van der Waals surface area contributed by atoms with Crippen molar-refractivity contribution >= 4 is 11.9 Å². The Balaban J connectivity index is 3.79. The van der Waals surface area contributed by atoms with Crippen LogP contribution in [0.3, 0.4) is 0 Å². The molecule has 0 aromatic carbocycles. The Morgan fingerprint density at radius 3 is 2.07 bits per heavy atom. The number of hydrogen-bond acceptors (Lipinski definition) is 4. The lowest BCUT2D eigenvalue weighted by Gasteiger charge is -2.17. The van der Waals surface area contributed by atoms with Crippen molar-refractivity contribution in [3.63, 3.8) is 0 Å². The van der Waals surface area contributed by atoms with E-state index in [9.17, 15) is 9.59 Å². The average Bonchev–Trinajstić information content (AvgIpc) is 2.10. The van der Waals surface area contributed by atoms with Crippen LogP contribution >= 0.6 is 0 Å². The third kappa shape index (κ3) is 9.17. The van der Waals surface area contributed by atoms with Gasteiger partial charge in [-0.15, -0.1) is 0 Å². The molecule has 0 unspecified atom stereocenters. The lowest BCUT2D eigenvalue weighted by molar-refractivity contribution is -0.142. The number of rotatable bonds is 9. The van der Waals surface area contributed by atoms with Crippen LogP contribution in [-0.2, 0) is 14.3 Å². The fourth-order valence-electron chi connectivity index (χ4n) is 1.04. The summed E-state index contributed by atoms with van der Waals surface area (Å²) in [5, 5.41) is 17.0. The summed E-state index contributed by atoms with van der Waals surface area (Å²) in [4.78, 5) is 22.1. The molecule has 15 heavy (non-hydrogen) atoms. The lowest BCUT2D eigenvalue weighted by atomic mass is 10.4. The first-order chi connectivity index (χ1) is 7.06. The number of carbonyl (C=O) groups is 2. The van der Waals surface area contributed by atoms with Gasteiger partial charge in [0.25, 0.3) is 0 Å². The largest absolute Gasteiger partial charge is 0.480 e. The van der Waals surface area contributed by atoms with Crippen molar-refractivity contribution in [1.82, 2.24) is 4.90 Å². The monoisotopic (exact) mass is 219 g/mol. The number of hydrogen-bond donors (Lipinski definition) is 2. The van der Waals surface area contributed by atoms with Gasteiger partial charge in [0.2, 0.25) is 0 Å². The van der Waals surface area contributed by atoms with E-state index in [4.69, 9.17) is 14.9 Å². The minimum atomic E-state index is -1.04. The van der Waals surface area contributed by atoms with E-state index in [1.165, 1.54) is 4.90 Å². The van der Waals surface area contributed by atoms with Crippen LogP contribution in [0.4, 0.5) is 0 Å². The summed E-state index contributed by atoms with van der Waals surface area (Å²) in [7, 11) is 0. The van der Waals surface area contributed by atoms with Gasteiger partial charge in [0.1, 0.15) is 0 Å². The van der Waals surface area contributed by atoms with Crippen LogP contribution in [0, 0.1) is 0 Å². The highest BCUT2D eigenvalue weighted by Gasteiger charge is 2.12. The lowest BCUT2D eigenvalue weighted by Crippen LogP contribution is -2.36. The van der Waals surface area contributed by atoms with Crippen molar-refractivity contribution in [1.29, 1.82) is 0 Å². The number of ether oxygens (including phenoxy) is 1.